The molecule has 8 nitrogen and oxygen atoms in total. The van der Waals surface area contributed by atoms with E-state index in [9.17, 15) is 4.79 Å². The fourth-order valence-corrected chi connectivity index (χ4v) is 4.24. The maximum Gasteiger partial charge on any atom is 0.323 e. The second kappa shape index (κ2) is 7.62. The molecule has 1 saturated heterocycles. The van der Waals surface area contributed by atoms with Crippen molar-refractivity contribution in [3.8, 4) is 11.3 Å². The molecule has 154 valence electrons. The monoisotopic (exact) mass is 424 g/mol. The molecule has 0 saturated carbocycles. The number of nitrogens with one attached hydrogen (secondary N) is 3. The Kier molecular flexibility index (Phi) is 4.80. The number of esters is 1. The van der Waals surface area contributed by atoms with Crippen molar-refractivity contribution >= 4 is 39.9 Å². The van der Waals surface area contributed by atoms with Gasteiger partial charge in [0.25, 0.3) is 0 Å². The maximum atomic E-state index is 12.0. The first kappa shape index (κ1) is 18.9. The molecule has 5 rings (SSSR count). The molecule has 0 radical (unpaired) electrons. The summed E-state index contributed by atoms with van der Waals surface area (Å²) < 4.78 is 6.94. The summed E-state index contributed by atoms with van der Waals surface area (Å²) in [5.41, 5.74) is 3.24. The highest BCUT2D eigenvalue weighted by Crippen LogP contribution is 2.34. The minimum Gasteiger partial charge on any atom is -0.465 e. The van der Waals surface area contributed by atoms with Crippen molar-refractivity contribution in [3.63, 3.8) is 0 Å². The number of ether oxygens (including phenoxy) is 1. The second-order valence-corrected chi connectivity index (χ2v) is 7.62. The Labute approximate surface area is 177 Å². The molecule has 30 heavy (non-hydrogen) atoms. The Hall–Kier alpha value is -3.10. The first-order valence-electron chi connectivity index (χ1n) is 9.91. The lowest BCUT2D eigenvalue weighted by Gasteiger charge is -2.16. The van der Waals surface area contributed by atoms with Crippen molar-refractivity contribution in [1.29, 1.82) is 0 Å². The van der Waals surface area contributed by atoms with Crippen LogP contribution in [0.5, 0.6) is 0 Å². The SMILES string of the molecule is CCOC(=O)C1CC(Nc2nc(-c3c[nH]c4ccccc34)c(Cl)n3ccnc23)CN1. The van der Waals surface area contributed by atoms with Gasteiger partial charge in [-0.25, -0.2) is 9.97 Å². The molecule has 0 spiro atoms. The first-order chi connectivity index (χ1) is 14.7. The molecule has 0 amide bonds. The van der Waals surface area contributed by atoms with Gasteiger partial charge in [-0.15, -0.1) is 0 Å². The van der Waals surface area contributed by atoms with Crippen LogP contribution in [0.1, 0.15) is 13.3 Å². The summed E-state index contributed by atoms with van der Waals surface area (Å²) in [4.78, 5) is 24.6. The lowest BCUT2D eigenvalue weighted by atomic mass is 10.1. The van der Waals surface area contributed by atoms with Crippen LogP contribution in [-0.4, -0.2) is 50.6 Å². The Morgan fingerprint density at radius 2 is 2.27 bits per heavy atom. The van der Waals surface area contributed by atoms with Gasteiger partial charge in [0.15, 0.2) is 11.5 Å². The van der Waals surface area contributed by atoms with Crippen molar-refractivity contribution in [2.45, 2.75) is 25.4 Å². The van der Waals surface area contributed by atoms with Crippen molar-refractivity contribution < 1.29 is 9.53 Å². The van der Waals surface area contributed by atoms with Crippen molar-refractivity contribution in [1.82, 2.24) is 24.7 Å². The van der Waals surface area contributed by atoms with Crippen molar-refractivity contribution in [3.05, 3.63) is 48.0 Å². The number of hydrogen-bond acceptors (Lipinski definition) is 6. The molecule has 2 unspecified atom stereocenters. The molecule has 4 heterocycles. The molecule has 3 aromatic heterocycles. The number of halogens is 1. The normalized spacial score (nSPS) is 18.9. The molecule has 3 N–H and O–H groups in total. The number of nitrogens with zero attached hydrogens (tertiary/aromatic N) is 3. The molecule has 1 aliphatic rings. The van der Waals surface area contributed by atoms with Crippen LogP contribution in [0.4, 0.5) is 5.82 Å². The van der Waals surface area contributed by atoms with E-state index in [4.69, 9.17) is 21.3 Å². The number of fused-ring (bicyclic) bond motifs is 2. The third-order valence-electron chi connectivity index (χ3n) is 5.37. The number of H-pyrrole nitrogens is 1. The maximum absolute atomic E-state index is 12.0. The van der Waals surface area contributed by atoms with Crippen molar-refractivity contribution in [2.75, 3.05) is 18.5 Å². The minimum absolute atomic E-state index is 0.0180. The summed E-state index contributed by atoms with van der Waals surface area (Å²) in [5.74, 6) is 0.400. The molecule has 1 fully saturated rings. The largest absolute Gasteiger partial charge is 0.465 e. The van der Waals surface area contributed by atoms with E-state index in [0.717, 1.165) is 16.5 Å². The van der Waals surface area contributed by atoms with Gasteiger partial charge >= 0.3 is 5.97 Å². The minimum atomic E-state index is -0.321. The zero-order chi connectivity index (χ0) is 20.7. The summed E-state index contributed by atoms with van der Waals surface area (Å²) in [7, 11) is 0. The summed E-state index contributed by atoms with van der Waals surface area (Å²) in [5, 5.41) is 8.19. The van der Waals surface area contributed by atoms with Gasteiger partial charge in [0.1, 0.15) is 16.9 Å². The molecular weight excluding hydrogens is 404 g/mol. The van der Waals surface area contributed by atoms with E-state index in [1.54, 1.807) is 6.20 Å². The van der Waals surface area contributed by atoms with Crippen LogP contribution in [0, 0.1) is 0 Å². The molecule has 4 aromatic rings. The van der Waals surface area contributed by atoms with E-state index in [1.807, 2.05) is 48.0 Å². The Morgan fingerprint density at radius 1 is 1.40 bits per heavy atom. The number of aromatic amines is 1. The summed E-state index contributed by atoms with van der Waals surface area (Å²) >= 11 is 6.71. The number of hydrogen-bond donors (Lipinski definition) is 3. The molecule has 1 aliphatic heterocycles. The molecule has 0 bridgehead atoms. The third kappa shape index (κ3) is 3.18. The summed E-state index contributed by atoms with van der Waals surface area (Å²) in [6, 6.07) is 7.72. The number of rotatable bonds is 5. The lowest BCUT2D eigenvalue weighted by molar-refractivity contribution is -0.145. The van der Waals surface area contributed by atoms with Crippen LogP contribution in [0.15, 0.2) is 42.9 Å². The van der Waals surface area contributed by atoms with Crippen LogP contribution in [0.2, 0.25) is 5.15 Å². The highest BCUT2D eigenvalue weighted by molar-refractivity contribution is 6.32. The van der Waals surface area contributed by atoms with Crippen LogP contribution in [0.25, 0.3) is 27.8 Å². The molecule has 9 heteroatoms. The number of imidazole rings is 1. The summed E-state index contributed by atoms with van der Waals surface area (Å²) in [6.45, 7) is 2.81. The van der Waals surface area contributed by atoms with Crippen LogP contribution < -0.4 is 10.6 Å². The Balaban J connectivity index is 1.51. The molecular formula is C21H21ClN6O2. The highest BCUT2D eigenvalue weighted by Gasteiger charge is 2.31. The van der Waals surface area contributed by atoms with Crippen LogP contribution in [0.3, 0.4) is 0 Å². The van der Waals surface area contributed by atoms with E-state index < -0.39 is 0 Å². The van der Waals surface area contributed by atoms with E-state index in [0.29, 0.717) is 41.9 Å². The van der Waals surface area contributed by atoms with Gasteiger partial charge in [0, 0.05) is 47.6 Å². The predicted molar refractivity (Wildman–Crippen MR) is 116 cm³/mol. The lowest BCUT2D eigenvalue weighted by Crippen LogP contribution is -2.32. The highest BCUT2D eigenvalue weighted by atomic mass is 35.5. The molecule has 2 atom stereocenters. The number of carbonyl (C=O) groups is 1. The third-order valence-corrected chi connectivity index (χ3v) is 5.73. The van der Waals surface area contributed by atoms with Gasteiger partial charge in [-0.1, -0.05) is 29.8 Å². The zero-order valence-corrected chi connectivity index (χ0v) is 17.1. The van der Waals surface area contributed by atoms with Gasteiger partial charge in [-0.05, 0) is 19.4 Å². The fourth-order valence-electron chi connectivity index (χ4n) is 3.96. The van der Waals surface area contributed by atoms with Crippen LogP contribution >= 0.6 is 11.6 Å². The summed E-state index contributed by atoms with van der Waals surface area (Å²) in [6.07, 6.45) is 6.04. The van der Waals surface area contributed by atoms with Crippen LogP contribution in [-0.2, 0) is 9.53 Å². The average molecular weight is 425 g/mol. The van der Waals surface area contributed by atoms with Gasteiger partial charge in [0.05, 0.1) is 6.61 Å². The Bertz CT molecular complexity index is 1230. The van der Waals surface area contributed by atoms with Gasteiger partial charge < -0.3 is 20.4 Å². The number of aromatic nitrogens is 4. The van der Waals surface area contributed by atoms with Gasteiger partial charge in [0.2, 0.25) is 0 Å². The molecule has 0 aliphatic carbocycles. The average Bonchev–Trinajstić information content (AvgIpc) is 3.50. The van der Waals surface area contributed by atoms with E-state index in [-0.39, 0.29) is 18.1 Å². The number of anilines is 1. The number of carbonyl (C=O) groups excluding carboxylic acids is 1. The topological polar surface area (TPSA) is 96.3 Å². The van der Waals surface area contributed by atoms with Crippen molar-refractivity contribution in [2.24, 2.45) is 0 Å². The Morgan fingerprint density at radius 3 is 3.13 bits per heavy atom. The first-order valence-corrected chi connectivity index (χ1v) is 10.3. The molecule has 1 aromatic carbocycles. The van der Waals surface area contributed by atoms with E-state index >= 15 is 0 Å². The van der Waals surface area contributed by atoms with Gasteiger partial charge in [-0.3, -0.25) is 9.20 Å². The predicted octanol–water partition coefficient (Wildman–Crippen LogP) is 3.24. The van der Waals surface area contributed by atoms with E-state index in [1.165, 1.54) is 0 Å². The second-order valence-electron chi connectivity index (χ2n) is 7.26. The number of benzene rings is 1. The van der Waals surface area contributed by atoms with Gasteiger partial charge in [-0.2, -0.15) is 0 Å². The standard InChI is InChI=1S/C21H21ClN6O2/c1-2-30-21(29)16-9-12(10-24-16)26-19-20-23-7-8-28(20)18(22)17(27-19)14-11-25-15-6-4-3-5-13(14)15/h3-8,11-12,16,24-25H,2,9-10H2,1H3,(H,26,27). The number of para-hydroxylation sites is 1. The fraction of sp³-hybridized carbons (Fsp3) is 0.286. The quantitative estimate of drug-likeness (QED) is 0.426. The zero-order valence-electron chi connectivity index (χ0n) is 16.4. The smallest absolute Gasteiger partial charge is 0.323 e. The van der Waals surface area contributed by atoms with E-state index in [2.05, 4.69) is 20.6 Å².